The second kappa shape index (κ2) is 11.8. The van der Waals surface area contributed by atoms with Gasteiger partial charge in [0, 0.05) is 38.8 Å². The number of hydrogen-bond donors (Lipinski definition) is 0. The first kappa shape index (κ1) is 22.5. The standard InChI is InChI=1S/C24H22ClNO2S2/c1-18(27)28-26-21(15-16-29-22-13-9-20(25)10-14-22)17-19-7-11-24(12-8-19)30-23-5-3-2-4-6-23/h2-14H,15-17H2,1H3/b26-21+. The molecular weight excluding hydrogens is 434 g/mol. The lowest BCUT2D eigenvalue weighted by molar-refractivity contribution is -0.140. The average molecular weight is 456 g/mol. The van der Waals surface area contributed by atoms with Gasteiger partial charge in [-0.3, -0.25) is 0 Å². The third-order valence-corrected chi connectivity index (χ3v) is 6.37. The molecule has 6 heteroatoms. The molecule has 0 saturated carbocycles. The van der Waals surface area contributed by atoms with Crippen LogP contribution in [-0.2, 0) is 16.1 Å². The van der Waals surface area contributed by atoms with Crippen molar-refractivity contribution in [1.82, 2.24) is 0 Å². The van der Waals surface area contributed by atoms with E-state index >= 15 is 0 Å². The molecule has 0 atom stereocenters. The Kier molecular flexibility index (Phi) is 8.87. The Hall–Kier alpha value is -2.21. The van der Waals surface area contributed by atoms with Gasteiger partial charge in [-0.2, -0.15) is 0 Å². The average Bonchev–Trinajstić information content (AvgIpc) is 2.75. The van der Waals surface area contributed by atoms with Crippen molar-refractivity contribution < 1.29 is 9.63 Å². The summed E-state index contributed by atoms with van der Waals surface area (Å²) < 4.78 is 0. The summed E-state index contributed by atoms with van der Waals surface area (Å²) in [7, 11) is 0. The molecule has 3 aromatic carbocycles. The van der Waals surface area contributed by atoms with E-state index in [-0.39, 0.29) is 0 Å². The summed E-state index contributed by atoms with van der Waals surface area (Å²) in [5.74, 6) is 0.427. The van der Waals surface area contributed by atoms with Crippen molar-refractivity contribution in [2.24, 2.45) is 5.16 Å². The van der Waals surface area contributed by atoms with E-state index in [1.165, 1.54) is 16.7 Å². The smallest absolute Gasteiger partial charge is 0.319 e. The fraction of sp³-hybridized carbons (Fsp3) is 0.167. The van der Waals surface area contributed by atoms with Gasteiger partial charge in [-0.15, -0.1) is 11.8 Å². The number of carbonyl (C=O) groups excluding carboxylic acids is 1. The molecule has 0 unspecified atom stereocenters. The summed E-state index contributed by atoms with van der Waals surface area (Å²) in [5, 5.41) is 4.81. The first-order chi connectivity index (χ1) is 14.6. The van der Waals surface area contributed by atoms with E-state index in [0.717, 1.165) is 33.4 Å². The first-order valence-electron chi connectivity index (χ1n) is 9.52. The maximum Gasteiger partial charge on any atom is 0.331 e. The number of oxime groups is 1. The lowest BCUT2D eigenvalue weighted by Gasteiger charge is -2.08. The van der Waals surface area contributed by atoms with Crippen LogP contribution in [0.3, 0.4) is 0 Å². The zero-order chi connectivity index (χ0) is 21.2. The molecule has 0 bridgehead atoms. The van der Waals surface area contributed by atoms with Crippen molar-refractivity contribution in [3.8, 4) is 0 Å². The molecular formula is C24H22ClNO2S2. The lowest BCUT2D eigenvalue weighted by atomic mass is 10.1. The molecule has 0 spiro atoms. The van der Waals surface area contributed by atoms with E-state index in [0.29, 0.717) is 6.42 Å². The largest absolute Gasteiger partial charge is 0.331 e. The molecule has 0 aliphatic rings. The van der Waals surface area contributed by atoms with E-state index in [9.17, 15) is 4.79 Å². The van der Waals surface area contributed by atoms with Crippen LogP contribution in [-0.4, -0.2) is 17.4 Å². The Morgan fingerprint density at radius 3 is 2.20 bits per heavy atom. The van der Waals surface area contributed by atoms with Gasteiger partial charge >= 0.3 is 5.97 Å². The molecule has 0 heterocycles. The Bertz CT molecular complexity index is 974. The fourth-order valence-electron chi connectivity index (χ4n) is 2.65. The molecule has 154 valence electrons. The number of benzene rings is 3. The van der Waals surface area contributed by atoms with Gasteiger partial charge in [0.05, 0.1) is 5.71 Å². The van der Waals surface area contributed by atoms with Gasteiger partial charge in [0.1, 0.15) is 0 Å². The predicted molar refractivity (Wildman–Crippen MR) is 127 cm³/mol. The first-order valence-corrected chi connectivity index (χ1v) is 11.7. The number of hydrogen-bond acceptors (Lipinski definition) is 5. The third-order valence-electron chi connectivity index (χ3n) is 4.09. The zero-order valence-electron chi connectivity index (χ0n) is 16.6. The molecule has 3 nitrogen and oxygen atoms in total. The molecule has 0 N–H and O–H groups in total. The Labute approximate surface area is 190 Å². The summed E-state index contributed by atoms with van der Waals surface area (Å²) in [6, 6.07) is 26.5. The SMILES string of the molecule is CC(=O)O/N=C(\CCSc1ccc(Cl)cc1)Cc1ccc(Sc2ccccc2)cc1. The van der Waals surface area contributed by atoms with E-state index in [2.05, 4.69) is 41.6 Å². The molecule has 0 aromatic heterocycles. The van der Waals surface area contributed by atoms with Crippen molar-refractivity contribution in [3.05, 3.63) is 89.4 Å². The second-order valence-corrected chi connectivity index (χ2v) is 9.28. The van der Waals surface area contributed by atoms with Gasteiger partial charge in [-0.1, -0.05) is 58.9 Å². The summed E-state index contributed by atoms with van der Waals surface area (Å²) in [4.78, 5) is 19.7. The molecule has 0 aliphatic heterocycles. The van der Waals surface area contributed by atoms with Crippen LogP contribution < -0.4 is 0 Å². The highest BCUT2D eigenvalue weighted by atomic mass is 35.5. The van der Waals surface area contributed by atoms with Crippen LogP contribution in [0.5, 0.6) is 0 Å². The van der Waals surface area contributed by atoms with Crippen LogP contribution in [0.2, 0.25) is 5.02 Å². The maximum atomic E-state index is 11.2. The normalized spacial score (nSPS) is 11.3. The summed E-state index contributed by atoms with van der Waals surface area (Å²) in [5.41, 5.74) is 1.98. The molecule has 0 aliphatic carbocycles. The molecule has 30 heavy (non-hydrogen) atoms. The minimum absolute atomic E-state index is 0.410. The highest BCUT2D eigenvalue weighted by molar-refractivity contribution is 7.99. The topological polar surface area (TPSA) is 38.7 Å². The number of thioether (sulfide) groups is 1. The molecule has 0 amide bonds. The number of nitrogens with zero attached hydrogens (tertiary/aromatic N) is 1. The number of halogens is 1. The molecule has 3 rings (SSSR count). The van der Waals surface area contributed by atoms with E-state index in [1.54, 1.807) is 23.5 Å². The van der Waals surface area contributed by atoms with Crippen molar-refractivity contribution >= 4 is 46.8 Å². The third kappa shape index (κ3) is 7.90. The van der Waals surface area contributed by atoms with Crippen molar-refractivity contribution in [2.75, 3.05) is 5.75 Å². The fourth-order valence-corrected chi connectivity index (χ4v) is 4.51. The summed E-state index contributed by atoms with van der Waals surface area (Å²) >= 11 is 9.39. The van der Waals surface area contributed by atoms with Gasteiger partial charge in [0.25, 0.3) is 0 Å². The van der Waals surface area contributed by atoms with Crippen LogP contribution in [0, 0.1) is 0 Å². The Morgan fingerprint density at radius 1 is 0.900 bits per heavy atom. The van der Waals surface area contributed by atoms with Gasteiger partial charge < -0.3 is 4.84 Å². The van der Waals surface area contributed by atoms with Crippen LogP contribution in [0.1, 0.15) is 18.9 Å². The van der Waals surface area contributed by atoms with Crippen molar-refractivity contribution in [1.29, 1.82) is 0 Å². The van der Waals surface area contributed by atoms with E-state index < -0.39 is 5.97 Å². The van der Waals surface area contributed by atoms with Gasteiger partial charge in [-0.05, 0) is 60.5 Å². The number of rotatable bonds is 9. The molecule has 0 fully saturated rings. The minimum atomic E-state index is -0.410. The van der Waals surface area contributed by atoms with E-state index in [1.807, 2.05) is 42.5 Å². The van der Waals surface area contributed by atoms with Crippen LogP contribution >= 0.6 is 35.1 Å². The van der Waals surface area contributed by atoms with Crippen molar-refractivity contribution in [2.45, 2.75) is 34.5 Å². The van der Waals surface area contributed by atoms with E-state index in [4.69, 9.17) is 16.4 Å². The minimum Gasteiger partial charge on any atom is -0.319 e. The quantitative estimate of drug-likeness (QED) is 0.149. The van der Waals surface area contributed by atoms with Crippen LogP contribution in [0.4, 0.5) is 0 Å². The van der Waals surface area contributed by atoms with Gasteiger partial charge in [0.2, 0.25) is 0 Å². The van der Waals surface area contributed by atoms with Gasteiger partial charge in [0.15, 0.2) is 0 Å². The van der Waals surface area contributed by atoms with Crippen LogP contribution in [0.25, 0.3) is 0 Å². The number of carbonyl (C=O) groups is 1. The highest BCUT2D eigenvalue weighted by Crippen LogP contribution is 2.27. The molecule has 0 saturated heterocycles. The second-order valence-electron chi connectivity index (χ2n) is 6.53. The lowest BCUT2D eigenvalue weighted by Crippen LogP contribution is -2.07. The van der Waals surface area contributed by atoms with Gasteiger partial charge in [-0.25, -0.2) is 4.79 Å². The molecule has 0 radical (unpaired) electrons. The monoisotopic (exact) mass is 455 g/mol. The Morgan fingerprint density at radius 2 is 1.53 bits per heavy atom. The molecule has 3 aromatic rings. The maximum absolute atomic E-state index is 11.2. The Balaban J connectivity index is 1.58. The summed E-state index contributed by atoms with van der Waals surface area (Å²) in [6.45, 7) is 1.36. The zero-order valence-corrected chi connectivity index (χ0v) is 19.0. The summed E-state index contributed by atoms with van der Waals surface area (Å²) in [6.07, 6.45) is 1.37. The van der Waals surface area contributed by atoms with Crippen molar-refractivity contribution in [3.63, 3.8) is 0 Å². The highest BCUT2D eigenvalue weighted by Gasteiger charge is 2.06. The van der Waals surface area contributed by atoms with Crippen LogP contribution in [0.15, 0.2) is 98.7 Å². The predicted octanol–water partition coefficient (Wildman–Crippen LogP) is 7.14.